The average Bonchev–Trinajstić information content (AvgIpc) is 2.28. The van der Waals surface area contributed by atoms with Crippen LogP contribution in [0.4, 0.5) is 0 Å². The van der Waals surface area contributed by atoms with Gasteiger partial charge in [0.1, 0.15) is 0 Å². The van der Waals surface area contributed by atoms with Crippen molar-refractivity contribution in [2.24, 2.45) is 5.84 Å². The second-order valence-corrected chi connectivity index (χ2v) is 5.50. The highest BCUT2D eigenvalue weighted by atomic mass is 79.9. The van der Waals surface area contributed by atoms with Crippen LogP contribution < -0.4 is 11.3 Å². The van der Waals surface area contributed by atoms with Crippen molar-refractivity contribution in [3.05, 3.63) is 34.3 Å². The fourth-order valence-electron chi connectivity index (χ4n) is 1.83. The molecule has 3 nitrogen and oxygen atoms in total. The van der Waals surface area contributed by atoms with Crippen LogP contribution in [0.15, 0.2) is 28.7 Å². The number of hydrazine groups is 1. The highest BCUT2D eigenvalue weighted by molar-refractivity contribution is 9.10. The van der Waals surface area contributed by atoms with E-state index >= 15 is 0 Å². The van der Waals surface area contributed by atoms with E-state index in [2.05, 4.69) is 47.3 Å². The largest absolute Gasteiger partial charge is 0.374 e. The fourth-order valence-corrected chi connectivity index (χ4v) is 2.10. The Morgan fingerprint density at radius 1 is 1.35 bits per heavy atom. The molecule has 0 fully saturated rings. The van der Waals surface area contributed by atoms with Crippen molar-refractivity contribution in [3.63, 3.8) is 0 Å². The Bertz CT molecular complexity index is 338. The normalized spacial score (nSPS) is 13.7. The Morgan fingerprint density at radius 2 is 1.94 bits per heavy atom. The maximum Gasteiger partial charge on any atom is 0.0795 e. The van der Waals surface area contributed by atoms with Gasteiger partial charge in [-0.2, -0.15) is 0 Å². The third kappa shape index (κ3) is 4.39. The van der Waals surface area contributed by atoms with Gasteiger partial charge >= 0.3 is 0 Å². The van der Waals surface area contributed by atoms with E-state index in [1.54, 1.807) is 0 Å². The SMILES string of the molecule is CCOC(C)(C)C(Cc1ccc(Br)cc1)NN. The van der Waals surface area contributed by atoms with Gasteiger partial charge in [0.2, 0.25) is 0 Å². The molecule has 3 N–H and O–H groups in total. The molecule has 0 saturated heterocycles. The number of benzene rings is 1. The summed E-state index contributed by atoms with van der Waals surface area (Å²) in [5, 5.41) is 0. The first kappa shape index (κ1) is 14.6. The Kier molecular flexibility index (Phi) is 5.59. The molecule has 1 atom stereocenters. The van der Waals surface area contributed by atoms with Crippen molar-refractivity contribution in [1.82, 2.24) is 5.43 Å². The van der Waals surface area contributed by atoms with Gasteiger partial charge in [-0.05, 0) is 44.9 Å². The molecule has 0 heterocycles. The zero-order chi connectivity index (χ0) is 12.9. The molecule has 0 amide bonds. The number of nitrogens with two attached hydrogens (primary N) is 1. The minimum atomic E-state index is -0.281. The molecule has 0 aliphatic heterocycles. The lowest BCUT2D eigenvalue weighted by Crippen LogP contribution is -2.52. The van der Waals surface area contributed by atoms with Crippen LogP contribution in [-0.4, -0.2) is 18.2 Å². The molecule has 1 aromatic rings. The molecule has 0 aromatic heterocycles. The molecule has 17 heavy (non-hydrogen) atoms. The van der Waals surface area contributed by atoms with Crippen molar-refractivity contribution in [2.75, 3.05) is 6.61 Å². The fraction of sp³-hybridized carbons (Fsp3) is 0.538. The van der Waals surface area contributed by atoms with Crippen LogP contribution in [-0.2, 0) is 11.2 Å². The minimum absolute atomic E-state index is 0.0867. The van der Waals surface area contributed by atoms with E-state index in [0.29, 0.717) is 6.61 Å². The molecule has 0 saturated carbocycles. The van der Waals surface area contributed by atoms with Crippen LogP contribution in [0, 0.1) is 0 Å². The van der Waals surface area contributed by atoms with Crippen molar-refractivity contribution >= 4 is 15.9 Å². The first-order valence-electron chi connectivity index (χ1n) is 5.84. The van der Waals surface area contributed by atoms with E-state index in [4.69, 9.17) is 10.6 Å². The summed E-state index contributed by atoms with van der Waals surface area (Å²) in [7, 11) is 0. The Labute approximate surface area is 112 Å². The van der Waals surface area contributed by atoms with E-state index in [1.807, 2.05) is 19.1 Å². The maximum atomic E-state index is 5.73. The molecule has 1 rings (SSSR count). The smallest absolute Gasteiger partial charge is 0.0795 e. The molecule has 0 aliphatic carbocycles. The Morgan fingerprint density at radius 3 is 2.41 bits per heavy atom. The summed E-state index contributed by atoms with van der Waals surface area (Å²) in [6.45, 7) is 6.79. The first-order valence-corrected chi connectivity index (χ1v) is 6.63. The molecule has 1 aromatic carbocycles. The first-order chi connectivity index (χ1) is 7.99. The summed E-state index contributed by atoms with van der Waals surface area (Å²) in [6.07, 6.45) is 0.844. The third-order valence-corrected chi connectivity index (χ3v) is 3.44. The average molecular weight is 301 g/mol. The van der Waals surface area contributed by atoms with Gasteiger partial charge < -0.3 is 4.74 Å². The number of ether oxygens (including phenoxy) is 1. The maximum absolute atomic E-state index is 5.73. The van der Waals surface area contributed by atoms with Crippen molar-refractivity contribution in [3.8, 4) is 0 Å². The second kappa shape index (κ2) is 6.50. The summed E-state index contributed by atoms with van der Waals surface area (Å²) in [5.74, 6) is 5.63. The summed E-state index contributed by atoms with van der Waals surface area (Å²) in [5.41, 5.74) is 3.81. The summed E-state index contributed by atoms with van der Waals surface area (Å²) in [6, 6.07) is 8.35. The predicted octanol–water partition coefficient (Wildman–Crippen LogP) is 2.64. The third-order valence-electron chi connectivity index (χ3n) is 2.91. The molecule has 4 heteroatoms. The van der Waals surface area contributed by atoms with Gasteiger partial charge in [0.25, 0.3) is 0 Å². The van der Waals surface area contributed by atoms with Crippen LogP contribution in [0.3, 0.4) is 0 Å². The molecule has 0 aliphatic rings. The molecule has 0 radical (unpaired) electrons. The van der Waals surface area contributed by atoms with Gasteiger partial charge in [-0.25, -0.2) is 0 Å². The lowest BCUT2D eigenvalue weighted by atomic mass is 9.92. The van der Waals surface area contributed by atoms with Crippen LogP contribution in [0.5, 0.6) is 0 Å². The van der Waals surface area contributed by atoms with Crippen LogP contribution in [0.1, 0.15) is 26.3 Å². The number of halogens is 1. The highest BCUT2D eigenvalue weighted by Gasteiger charge is 2.29. The van der Waals surface area contributed by atoms with Gasteiger partial charge in [-0.15, -0.1) is 0 Å². The highest BCUT2D eigenvalue weighted by Crippen LogP contribution is 2.19. The van der Waals surface area contributed by atoms with Gasteiger partial charge in [0, 0.05) is 11.1 Å². The lowest BCUT2D eigenvalue weighted by molar-refractivity contribution is -0.0380. The number of nitrogens with one attached hydrogen (secondary N) is 1. The number of hydrogen-bond acceptors (Lipinski definition) is 3. The topological polar surface area (TPSA) is 47.3 Å². The Balaban J connectivity index is 2.72. The number of hydrogen-bond donors (Lipinski definition) is 2. The van der Waals surface area contributed by atoms with Crippen molar-refractivity contribution in [2.45, 2.75) is 38.8 Å². The van der Waals surface area contributed by atoms with Gasteiger partial charge in [-0.1, -0.05) is 28.1 Å². The van der Waals surface area contributed by atoms with Gasteiger partial charge in [-0.3, -0.25) is 11.3 Å². The molecule has 1 unspecified atom stereocenters. The van der Waals surface area contributed by atoms with E-state index in [-0.39, 0.29) is 11.6 Å². The molecule has 96 valence electrons. The molecular weight excluding hydrogens is 280 g/mol. The molecular formula is C13H21BrN2O. The zero-order valence-electron chi connectivity index (χ0n) is 10.7. The predicted molar refractivity (Wildman–Crippen MR) is 74.7 cm³/mol. The minimum Gasteiger partial charge on any atom is -0.374 e. The summed E-state index contributed by atoms with van der Waals surface area (Å²) >= 11 is 3.43. The molecule has 0 spiro atoms. The van der Waals surface area contributed by atoms with Crippen LogP contribution in [0.25, 0.3) is 0 Å². The van der Waals surface area contributed by atoms with E-state index in [0.717, 1.165) is 10.9 Å². The van der Waals surface area contributed by atoms with E-state index in [9.17, 15) is 0 Å². The standard InChI is InChI=1S/C13H21BrN2O/c1-4-17-13(2,3)12(16-15)9-10-5-7-11(14)8-6-10/h5-8,12,16H,4,9,15H2,1-3H3. The summed E-state index contributed by atoms with van der Waals surface area (Å²) in [4.78, 5) is 0. The quantitative estimate of drug-likeness (QED) is 0.627. The molecule has 0 bridgehead atoms. The van der Waals surface area contributed by atoms with Gasteiger partial charge in [0.05, 0.1) is 11.6 Å². The summed E-state index contributed by atoms with van der Waals surface area (Å²) < 4.78 is 6.81. The van der Waals surface area contributed by atoms with Crippen molar-refractivity contribution < 1.29 is 4.74 Å². The monoisotopic (exact) mass is 300 g/mol. The number of rotatable bonds is 6. The van der Waals surface area contributed by atoms with E-state index in [1.165, 1.54) is 5.56 Å². The van der Waals surface area contributed by atoms with Crippen LogP contribution >= 0.6 is 15.9 Å². The Hall–Kier alpha value is -0.420. The lowest BCUT2D eigenvalue weighted by Gasteiger charge is -2.33. The second-order valence-electron chi connectivity index (χ2n) is 4.59. The van der Waals surface area contributed by atoms with Crippen LogP contribution in [0.2, 0.25) is 0 Å². The van der Waals surface area contributed by atoms with E-state index < -0.39 is 0 Å². The van der Waals surface area contributed by atoms with Gasteiger partial charge in [0.15, 0.2) is 0 Å². The van der Waals surface area contributed by atoms with Crippen molar-refractivity contribution in [1.29, 1.82) is 0 Å². The zero-order valence-corrected chi connectivity index (χ0v) is 12.3.